The van der Waals surface area contributed by atoms with Crippen LogP contribution in [-0.4, -0.2) is 16.8 Å². The van der Waals surface area contributed by atoms with E-state index in [4.69, 9.17) is 0 Å². The number of alkyl halides is 1. The number of amides is 1. The molecular formula is C13H12F3NO. The number of carbonyl (C=O) groups is 1. The first-order chi connectivity index (χ1) is 8.50. The van der Waals surface area contributed by atoms with Gasteiger partial charge in [0.05, 0.1) is 12.1 Å². The fourth-order valence-corrected chi connectivity index (χ4v) is 3.02. The van der Waals surface area contributed by atoms with Gasteiger partial charge in [0.1, 0.15) is 6.17 Å². The third-order valence-corrected chi connectivity index (χ3v) is 3.90. The second-order valence-corrected chi connectivity index (χ2v) is 4.89. The van der Waals surface area contributed by atoms with Gasteiger partial charge in [-0.2, -0.15) is 0 Å². The van der Waals surface area contributed by atoms with Gasteiger partial charge in [0.2, 0.25) is 5.91 Å². The molecule has 1 aromatic carbocycles. The van der Waals surface area contributed by atoms with E-state index in [0.29, 0.717) is 18.4 Å². The molecule has 1 fully saturated rings. The minimum absolute atomic E-state index is 0.120. The maximum Gasteiger partial charge on any atom is 0.223 e. The maximum atomic E-state index is 14.2. The van der Waals surface area contributed by atoms with Gasteiger partial charge >= 0.3 is 0 Å². The van der Waals surface area contributed by atoms with Crippen molar-refractivity contribution in [2.24, 2.45) is 0 Å². The van der Waals surface area contributed by atoms with Gasteiger partial charge in [0.25, 0.3) is 0 Å². The van der Waals surface area contributed by atoms with Crippen LogP contribution in [0.2, 0.25) is 0 Å². The van der Waals surface area contributed by atoms with Gasteiger partial charge in [-0.05, 0) is 36.6 Å². The average Bonchev–Trinajstić information content (AvgIpc) is 2.71. The summed E-state index contributed by atoms with van der Waals surface area (Å²) in [5.41, 5.74) is 0.586. The van der Waals surface area contributed by atoms with Crippen molar-refractivity contribution in [3.8, 4) is 0 Å². The second-order valence-electron chi connectivity index (χ2n) is 4.89. The molecule has 96 valence electrons. The summed E-state index contributed by atoms with van der Waals surface area (Å²) in [5.74, 6) is -2.15. The number of nitrogens with zero attached hydrogens (tertiary/aromatic N) is 1. The lowest BCUT2D eigenvalue weighted by molar-refractivity contribution is -0.133. The van der Waals surface area contributed by atoms with E-state index < -0.39 is 23.8 Å². The number of carbonyl (C=O) groups excluding carboxylic acids is 1. The van der Waals surface area contributed by atoms with E-state index in [1.54, 1.807) is 6.92 Å². The molecule has 1 saturated heterocycles. The van der Waals surface area contributed by atoms with E-state index in [9.17, 15) is 18.0 Å². The van der Waals surface area contributed by atoms with Gasteiger partial charge < -0.3 is 4.90 Å². The number of fused-ring (bicyclic) bond motifs is 3. The molecule has 2 aliphatic rings. The van der Waals surface area contributed by atoms with Crippen molar-refractivity contribution < 1.29 is 18.0 Å². The molecule has 0 bridgehead atoms. The van der Waals surface area contributed by atoms with E-state index in [2.05, 4.69) is 0 Å². The van der Waals surface area contributed by atoms with Crippen LogP contribution in [0.5, 0.6) is 0 Å². The Balaban J connectivity index is 2.18. The molecule has 2 nitrogen and oxygen atoms in total. The quantitative estimate of drug-likeness (QED) is 0.697. The largest absolute Gasteiger partial charge is 0.330 e. The first-order valence-electron chi connectivity index (χ1n) is 5.94. The molecule has 2 heterocycles. The first-order valence-corrected chi connectivity index (χ1v) is 5.94. The molecule has 5 heteroatoms. The highest BCUT2D eigenvalue weighted by atomic mass is 19.2. The van der Waals surface area contributed by atoms with Crippen molar-refractivity contribution in [1.82, 2.24) is 4.90 Å². The number of halogens is 3. The number of rotatable bonds is 0. The molecule has 3 rings (SSSR count). The molecule has 0 spiro atoms. The van der Waals surface area contributed by atoms with Gasteiger partial charge in [-0.1, -0.05) is 0 Å². The summed E-state index contributed by atoms with van der Waals surface area (Å²) in [6.45, 7) is 1.60. The highest BCUT2D eigenvalue weighted by Gasteiger charge is 2.45. The van der Waals surface area contributed by atoms with Gasteiger partial charge in [0, 0.05) is 6.42 Å². The monoisotopic (exact) mass is 255 g/mol. The maximum absolute atomic E-state index is 14.2. The Kier molecular flexibility index (Phi) is 2.40. The molecule has 0 unspecified atom stereocenters. The normalized spacial score (nSPS) is 30.3. The summed E-state index contributed by atoms with van der Waals surface area (Å²) in [6.07, 6.45) is -0.595. The summed E-state index contributed by atoms with van der Waals surface area (Å²) < 4.78 is 40.7. The zero-order valence-electron chi connectivity index (χ0n) is 9.79. The number of hydrogen-bond acceptors (Lipinski definition) is 1. The van der Waals surface area contributed by atoms with Crippen LogP contribution >= 0.6 is 0 Å². The van der Waals surface area contributed by atoms with Crippen LogP contribution in [0, 0.1) is 11.6 Å². The Morgan fingerprint density at radius 2 is 1.83 bits per heavy atom. The zero-order valence-corrected chi connectivity index (χ0v) is 9.79. The van der Waals surface area contributed by atoms with Crippen molar-refractivity contribution in [3.05, 3.63) is 34.9 Å². The standard InChI is InChI=1S/C13H12F3NO/c1-6-13(16)8-5-10(15)9(14)4-7(8)11-2-3-12(18)17(6)11/h4-6,11,13H,2-3H2,1H3/t6-,11-,13-/m1/s1. The Hall–Kier alpha value is -1.52. The van der Waals surface area contributed by atoms with Crippen LogP contribution in [0.1, 0.15) is 43.1 Å². The fourth-order valence-electron chi connectivity index (χ4n) is 3.02. The molecule has 0 radical (unpaired) electrons. The third kappa shape index (κ3) is 1.39. The number of hydrogen-bond donors (Lipinski definition) is 0. The molecule has 1 amide bonds. The highest BCUT2D eigenvalue weighted by Crippen LogP contribution is 2.46. The molecule has 0 aliphatic carbocycles. The zero-order chi connectivity index (χ0) is 13.0. The molecule has 18 heavy (non-hydrogen) atoms. The van der Waals surface area contributed by atoms with Crippen LogP contribution in [0.3, 0.4) is 0 Å². The summed E-state index contributed by atoms with van der Waals surface area (Å²) in [5, 5.41) is 0. The van der Waals surface area contributed by atoms with Crippen LogP contribution in [0.25, 0.3) is 0 Å². The molecule has 2 aliphatic heterocycles. The van der Waals surface area contributed by atoms with Gasteiger partial charge in [0.15, 0.2) is 11.6 Å². The van der Waals surface area contributed by atoms with Gasteiger partial charge in [-0.15, -0.1) is 0 Å². The van der Waals surface area contributed by atoms with Gasteiger partial charge in [-0.25, -0.2) is 13.2 Å². The van der Waals surface area contributed by atoms with Crippen LogP contribution in [0.4, 0.5) is 13.2 Å². The van der Waals surface area contributed by atoms with Crippen molar-refractivity contribution >= 4 is 5.91 Å². The van der Waals surface area contributed by atoms with Gasteiger partial charge in [-0.3, -0.25) is 4.79 Å². The van der Waals surface area contributed by atoms with E-state index >= 15 is 0 Å². The Labute approximate surface area is 102 Å². The average molecular weight is 255 g/mol. The third-order valence-electron chi connectivity index (χ3n) is 3.90. The predicted octanol–water partition coefficient (Wildman–Crippen LogP) is 3.04. The van der Waals surface area contributed by atoms with Crippen molar-refractivity contribution in [2.75, 3.05) is 0 Å². The molecule has 0 N–H and O–H groups in total. The molecular weight excluding hydrogens is 243 g/mol. The van der Waals surface area contributed by atoms with E-state index in [0.717, 1.165) is 12.1 Å². The van der Waals surface area contributed by atoms with Crippen molar-refractivity contribution in [1.29, 1.82) is 0 Å². The van der Waals surface area contributed by atoms with E-state index in [1.807, 2.05) is 0 Å². The Morgan fingerprint density at radius 3 is 2.50 bits per heavy atom. The number of benzene rings is 1. The highest BCUT2D eigenvalue weighted by molar-refractivity contribution is 5.80. The topological polar surface area (TPSA) is 20.3 Å². The van der Waals surface area contributed by atoms with Crippen LogP contribution in [-0.2, 0) is 4.79 Å². The molecule has 0 aromatic heterocycles. The summed E-state index contributed by atoms with van der Waals surface area (Å²) in [6, 6.07) is 1.01. The van der Waals surface area contributed by atoms with E-state index in [1.165, 1.54) is 4.90 Å². The lowest BCUT2D eigenvalue weighted by Crippen LogP contribution is -2.42. The lowest BCUT2D eigenvalue weighted by atomic mass is 9.87. The molecule has 0 saturated carbocycles. The minimum Gasteiger partial charge on any atom is -0.330 e. The van der Waals surface area contributed by atoms with Crippen LogP contribution < -0.4 is 0 Å². The fraction of sp³-hybridized carbons (Fsp3) is 0.462. The summed E-state index contributed by atoms with van der Waals surface area (Å²) >= 11 is 0. The second kappa shape index (κ2) is 3.73. The smallest absolute Gasteiger partial charge is 0.223 e. The minimum atomic E-state index is -1.46. The molecule has 3 atom stereocenters. The van der Waals surface area contributed by atoms with Crippen molar-refractivity contribution in [3.63, 3.8) is 0 Å². The predicted molar refractivity (Wildman–Crippen MR) is 58.5 cm³/mol. The summed E-state index contributed by atoms with van der Waals surface area (Å²) in [4.78, 5) is 13.2. The summed E-state index contributed by atoms with van der Waals surface area (Å²) in [7, 11) is 0. The van der Waals surface area contributed by atoms with Crippen molar-refractivity contribution in [2.45, 2.75) is 38.0 Å². The van der Waals surface area contributed by atoms with Crippen LogP contribution in [0.15, 0.2) is 12.1 Å². The SMILES string of the molecule is C[C@@H]1[C@@H](F)c2cc(F)c(F)cc2[C@H]2CCC(=O)N21. The molecule has 1 aromatic rings. The Morgan fingerprint density at radius 1 is 1.22 bits per heavy atom. The lowest BCUT2D eigenvalue weighted by Gasteiger charge is -2.39. The first kappa shape index (κ1) is 11.6. The van der Waals surface area contributed by atoms with E-state index in [-0.39, 0.29) is 17.5 Å². The Bertz CT molecular complexity index is 531.